The summed E-state index contributed by atoms with van der Waals surface area (Å²) in [6.07, 6.45) is 5.30. The highest BCUT2D eigenvalue weighted by Crippen LogP contribution is 2.42. The van der Waals surface area contributed by atoms with Crippen LogP contribution in [0.1, 0.15) is 37.7 Å². The third-order valence-corrected chi connectivity index (χ3v) is 4.97. The molecule has 108 valence electrons. The molecule has 1 aromatic heterocycles. The molecule has 0 bridgehead atoms. The van der Waals surface area contributed by atoms with Crippen molar-refractivity contribution in [1.82, 2.24) is 5.32 Å². The molecule has 3 nitrogen and oxygen atoms in total. The van der Waals surface area contributed by atoms with Crippen LogP contribution >= 0.6 is 11.3 Å². The quantitative estimate of drug-likeness (QED) is 0.756. The Bertz CT molecular complexity index is 349. The number of hydrogen-bond donors (Lipinski definition) is 2. The molecule has 0 radical (unpaired) electrons. The van der Waals surface area contributed by atoms with E-state index >= 15 is 0 Å². The highest BCUT2D eigenvalue weighted by Gasteiger charge is 2.40. The van der Waals surface area contributed by atoms with E-state index in [0.29, 0.717) is 5.92 Å². The number of thiophene rings is 1. The van der Waals surface area contributed by atoms with E-state index in [-0.39, 0.29) is 12.2 Å². The van der Waals surface area contributed by atoms with E-state index in [9.17, 15) is 0 Å². The number of hydrogen-bond acceptors (Lipinski definition) is 4. The van der Waals surface area contributed by atoms with Gasteiger partial charge in [0.1, 0.15) is 0 Å². The zero-order chi connectivity index (χ0) is 13.6. The van der Waals surface area contributed by atoms with E-state index in [2.05, 4.69) is 22.1 Å². The Labute approximate surface area is 120 Å². The van der Waals surface area contributed by atoms with Crippen LogP contribution in [0.5, 0.6) is 0 Å². The molecule has 1 fully saturated rings. The smallest absolute Gasteiger partial charge is 0.0975 e. The van der Waals surface area contributed by atoms with E-state index < -0.39 is 0 Å². The van der Waals surface area contributed by atoms with Gasteiger partial charge in [-0.15, -0.1) is 0 Å². The predicted molar refractivity (Wildman–Crippen MR) is 79.5 cm³/mol. The van der Waals surface area contributed by atoms with Crippen molar-refractivity contribution in [3.8, 4) is 0 Å². The van der Waals surface area contributed by atoms with Gasteiger partial charge in [0.2, 0.25) is 0 Å². The van der Waals surface area contributed by atoms with Gasteiger partial charge in [-0.3, -0.25) is 0 Å². The number of methoxy groups -OCH3 is 1. The molecule has 0 aromatic carbocycles. The van der Waals surface area contributed by atoms with Crippen LogP contribution in [0.2, 0.25) is 0 Å². The van der Waals surface area contributed by atoms with Gasteiger partial charge in [0.05, 0.1) is 5.60 Å². The highest BCUT2D eigenvalue weighted by molar-refractivity contribution is 7.08. The van der Waals surface area contributed by atoms with Gasteiger partial charge in [-0.05, 0) is 61.0 Å². The van der Waals surface area contributed by atoms with Crippen LogP contribution in [0.4, 0.5) is 0 Å². The topological polar surface area (TPSA) is 41.5 Å². The van der Waals surface area contributed by atoms with Gasteiger partial charge < -0.3 is 15.2 Å². The van der Waals surface area contributed by atoms with Gasteiger partial charge in [0, 0.05) is 26.2 Å². The monoisotopic (exact) mass is 283 g/mol. The Balaban J connectivity index is 2.18. The molecule has 1 aliphatic heterocycles. The molecule has 0 saturated carbocycles. The van der Waals surface area contributed by atoms with Crippen molar-refractivity contribution in [2.24, 2.45) is 5.92 Å². The first-order valence-corrected chi connectivity index (χ1v) is 8.17. The Morgan fingerprint density at radius 2 is 2.42 bits per heavy atom. The van der Waals surface area contributed by atoms with Gasteiger partial charge in [0.15, 0.2) is 0 Å². The van der Waals surface area contributed by atoms with Gasteiger partial charge in [-0.2, -0.15) is 11.3 Å². The minimum Gasteiger partial charge on any atom is -0.396 e. The third kappa shape index (κ3) is 3.37. The second-order valence-corrected chi connectivity index (χ2v) is 6.11. The van der Waals surface area contributed by atoms with Crippen molar-refractivity contribution < 1.29 is 9.84 Å². The lowest BCUT2D eigenvalue weighted by atomic mass is 9.75. The number of aliphatic hydroxyl groups is 1. The zero-order valence-corrected chi connectivity index (χ0v) is 12.5. The first kappa shape index (κ1) is 15.0. The van der Waals surface area contributed by atoms with Crippen LogP contribution in [0.25, 0.3) is 0 Å². The molecule has 19 heavy (non-hydrogen) atoms. The minimum absolute atomic E-state index is 0.178. The average molecular weight is 283 g/mol. The molecule has 2 heterocycles. The summed E-state index contributed by atoms with van der Waals surface area (Å²) in [5.41, 5.74) is 1.13. The van der Waals surface area contributed by atoms with E-state index in [4.69, 9.17) is 9.84 Å². The first-order valence-electron chi connectivity index (χ1n) is 7.23. The SMILES string of the molecule is CO[C@](CCCCO)(c1ccsc1)[C@@H]1CCCNC1. The molecule has 2 atom stereocenters. The minimum atomic E-state index is -0.178. The van der Waals surface area contributed by atoms with Crippen molar-refractivity contribution in [2.75, 3.05) is 26.8 Å². The van der Waals surface area contributed by atoms with Crippen molar-refractivity contribution in [1.29, 1.82) is 0 Å². The fourth-order valence-electron chi connectivity index (χ4n) is 3.23. The van der Waals surface area contributed by atoms with E-state index in [0.717, 1.165) is 32.4 Å². The molecule has 0 spiro atoms. The van der Waals surface area contributed by atoms with Crippen LogP contribution in [0.3, 0.4) is 0 Å². The third-order valence-electron chi connectivity index (χ3n) is 4.29. The summed E-state index contributed by atoms with van der Waals surface area (Å²) in [7, 11) is 1.84. The number of aliphatic hydroxyl groups excluding tert-OH is 1. The fourth-order valence-corrected chi connectivity index (χ4v) is 3.95. The van der Waals surface area contributed by atoms with Crippen molar-refractivity contribution in [3.63, 3.8) is 0 Å². The molecule has 2 rings (SSSR count). The van der Waals surface area contributed by atoms with Crippen LogP contribution < -0.4 is 5.32 Å². The molecular formula is C15H25NO2S. The largest absolute Gasteiger partial charge is 0.396 e. The van der Waals surface area contributed by atoms with Crippen LogP contribution in [0, 0.1) is 5.92 Å². The maximum absolute atomic E-state index is 9.03. The predicted octanol–water partition coefficient (Wildman–Crippen LogP) is 2.75. The molecular weight excluding hydrogens is 258 g/mol. The van der Waals surface area contributed by atoms with Crippen molar-refractivity contribution in [3.05, 3.63) is 22.4 Å². The second-order valence-electron chi connectivity index (χ2n) is 5.33. The lowest BCUT2D eigenvalue weighted by Gasteiger charge is -2.42. The summed E-state index contributed by atoms with van der Waals surface area (Å²) in [6.45, 7) is 2.42. The lowest BCUT2D eigenvalue weighted by Crippen LogP contribution is -2.45. The molecule has 2 N–H and O–H groups in total. The molecule has 0 unspecified atom stereocenters. The van der Waals surface area contributed by atoms with E-state index in [1.54, 1.807) is 11.3 Å². The number of ether oxygens (including phenoxy) is 1. The lowest BCUT2D eigenvalue weighted by molar-refractivity contribution is -0.0795. The van der Waals surface area contributed by atoms with Crippen molar-refractivity contribution >= 4 is 11.3 Å². The summed E-state index contributed by atoms with van der Waals surface area (Å²) in [4.78, 5) is 0. The first-order chi connectivity index (χ1) is 9.33. The highest BCUT2D eigenvalue weighted by atomic mass is 32.1. The normalized spacial score (nSPS) is 23.2. The van der Waals surface area contributed by atoms with Gasteiger partial charge in [0.25, 0.3) is 0 Å². The summed E-state index contributed by atoms with van der Waals surface area (Å²) in [5, 5.41) is 16.9. The number of piperidine rings is 1. The number of unbranched alkanes of at least 4 members (excludes halogenated alkanes) is 1. The average Bonchev–Trinajstić information content (AvgIpc) is 3.00. The zero-order valence-electron chi connectivity index (χ0n) is 11.7. The molecule has 4 heteroatoms. The molecule has 0 aliphatic carbocycles. The van der Waals surface area contributed by atoms with Crippen LogP contribution in [-0.4, -0.2) is 31.9 Å². The Hall–Kier alpha value is -0.420. The number of nitrogens with one attached hydrogen (secondary N) is 1. The van der Waals surface area contributed by atoms with Gasteiger partial charge in [-0.1, -0.05) is 0 Å². The Morgan fingerprint density at radius 3 is 3.00 bits per heavy atom. The Kier molecular flexibility index (Phi) is 5.82. The van der Waals surface area contributed by atoms with Crippen molar-refractivity contribution in [2.45, 2.75) is 37.7 Å². The van der Waals surface area contributed by atoms with Crippen LogP contribution in [0.15, 0.2) is 16.8 Å². The van der Waals surface area contributed by atoms with Gasteiger partial charge >= 0.3 is 0 Å². The Morgan fingerprint density at radius 1 is 1.53 bits per heavy atom. The summed E-state index contributed by atoms with van der Waals surface area (Å²) in [6, 6.07) is 2.20. The maximum Gasteiger partial charge on any atom is 0.0975 e. The van der Waals surface area contributed by atoms with Gasteiger partial charge in [-0.25, -0.2) is 0 Å². The standard InChI is InChI=1S/C15H25NO2S/c1-18-15(7-2-3-9-17,14-6-10-19-12-14)13-5-4-8-16-11-13/h6,10,12-13,16-17H,2-5,7-9,11H2,1H3/t13-,15+/m1/s1. The molecule has 1 aliphatic rings. The second kappa shape index (κ2) is 7.39. The molecule has 1 aromatic rings. The maximum atomic E-state index is 9.03. The molecule has 0 amide bonds. The number of rotatable bonds is 7. The molecule has 1 saturated heterocycles. The van der Waals surface area contributed by atoms with Crippen LogP contribution in [-0.2, 0) is 10.3 Å². The summed E-state index contributed by atoms with van der Waals surface area (Å²) >= 11 is 1.74. The van der Waals surface area contributed by atoms with E-state index in [1.165, 1.54) is 18.4 Å². The van der Waals surface area contributed by atoms with E-state index in [1.807, 2.05) is 7.11 Å². The summed E-state index contributed by atoms with van der Waals surface area (Å²) in [5.74, 6) is 0.527. The fraction of sp³-hybridized carbons (Fsp3) is 0.733. The summed E-state index contributed by atoms with van der Waals surface area (Å²) < 4.78 is 6.05.